The Balaban J connectivity index is 0.000000471. The predicted octanol–water partition coefficient (Wildman–Crippen LogP) is 15.6. The maximum Gasteiger partial charge on any atom is 0.306 e. The van der Waals surface area contributed by atoms with E-state index in [4.69, 9.17) is 32.8 Å². The summed E-state index contributed by atoms with van der Waals surface area (Å²) in [6.45, 7) is 12.4. The van der Waals surface area contributed by atoms with Gasteiger partial charge < -0.3 is 58.7 Å². The number of benzene rings is 2. The van der Waals surface area contributed by atoms with Crippen molar-refractivity contribution in [3.63, 3.8) is 0 Å². The number of rotatable bonds is 54. The lowest BCUT2D eigenvalue weighted by Gasteiger charge is -2.31. The van der Waals surface area contributed by atoms with Crippen LogP contribution in [0.1, 0.15) is 253 Å². The third-order valence-electron chi connectivity index (χ3n) is 16.2. The van der Waals surface area contributed by atoms with Crippen molar-refractivity contribution in [2.45, 2.75) is 271 Å². The molecule has 0 aliphatic carbocycles. The Morgan fingerprint density at radius 1 is 0.633 bits per heavy atom. The van der Waals surface area contributed by atoms with E-state index < -0.39 is 37.1 Å². The maximum absolute atomic E-state index is 12.4. The molecule has 90 heavy (non-hydrogen) atoms. The quantitative estimate of drug-likeness (QED) is 0.0120. The van der Waals surface area contributed by atoms with Gasteiger partial charge >= 0.3 is 11.9 Å². The number of hydrogen-bond donors (Lipinski definition) is 5. The first-order chi connectivity index (χ1) is 43.4. The van der Waals surface area contributed by atoms with Gasteiger partial charge in [-0.3, -0.25) is 24.0 Å². The fourth-order valence-electron chi connectivity index (χ4n) is 10.5. The number of nitrogens with one attached hydrogen (secondary N) is 3. The molecule has 5 N–H and O–H groups in total. The molecular weight excluding hydrogens is 1160 g/mol. The summed E-state index contributed by atoms with van der Waals surface area (Å²) >= 11 is 0. The molecule has 0 aliphatic heterocycles. The number of ether oxygens (including phenoxy) is 4. The normalized spacial score (nSPS) is 12.1. The number of esters is 2. The van der Waals surface area contributed by atoms with Crippen molar-refractivity contribution in [1.82, 2.24) is 10.3 Å². The summed E-state index contributed by atoms with van der Waals surface area (Å²) in [6, 6.07) is 13.3. The molecule has 0 fully saturated rings. The average molecular weight is 1280 g/mol. The van der Waals surface area contributed by atoms with Crippen LogP contribution in [0, 0.1) is 0 Å². The van der Waals surface area contributed by atoms with E-state index in [-0.39, 0.29) is 75.3 Å². The molecular formula is C71H118N5O13P. The fraction of sp³-hybridized carbons (Fsp3) is 0.718. The van der Waals surface area contributed by atoms with Crippen molar-refractivity contribution < 1.29 is 52.3 Å². The van der Waals surface area contributed by atoms with Crippen molar-refractivity contribution in [2.75, 3.05) is 75.8 Å². The number of aromatic nitrogens is 1. The lowest BCUT2D eigenvalue weighted by atomic mass is 9.99. The number of fused-ring (bicyclic) bond motifs is 1. The molecule has 1 heterocycles. The smallest absolute Gasteiger partial charge is 0.306 e. The van der Waals surface area contributed by atoms with Gasteiger partial charge in [0.15, 0.2) is 20.7 Å². The van der Waals surface area contributed by atoms with Crippen molar-refractivity contribution in [3.8, 4) is 17.2 Å². The van der Waals surface area contributed by atoms with E-state index in [1.54, 1.807) is 26.0 Å². The summed E-state index contributed by atoms with van der Waals surface area (Å²) in [5.74, 6) is 0.216. The highest BCUT2D eigenvalue weighted by Gasteiger charge is 2.31. The molecule has 2 atom stereocenters. The van der Waals surface area contributed by atoms with Crippen LogP contribution in [0.4, 0.5) is 17.1 Å². The van der Waals surface area contributed by atoms with Gasteiger partial charge in [-0.1, -0.05) is 194 Å². The summed E-state index contributed by atoms with van der Waals surface area (Å²) in [5.41, 5.74) is 0.787. The van der Waals surface area contributed by atoms with Gasteiger partial charge in [-0.15, -0.1) is 0 Å². The summed E-state index contributed by atoms with van der Waals surface area (Å²) in [4.78, 5) is 76.6. The summed E-state index contributed by atoms with van der Waals surface area (Å²) < 4.78 is 33.1. The average Bonchev–Trinajstić information content (AvgIpc) is 1.06. The number of hydrogen-bond acceptors (Lipinski definition) is 17. The topological polar surface area (TPSA) is 237 Å². The molecule has 2 unspecified atom stereocenters. The van der Waals surface area contributed by atoms with E-state index in [0.717, 1.165) is 43.4 Å². The first-order valence-corrected chi connectivity index (χ1v) is 35.4. The van der Waals surface area contributed by atoms with Crippen LogP contribution in [0.25, 0.3) is 22.6 Å². The zero-order valence-electron chi connectivity index (χ0n) is 56.7. The second kappa shape index (κ2) is 47.7. The van der Waals surface area contributed by atoms with E-state index in [9.17, 15) is 29.1 Å². The van der Waals surface area contributed by atoms with E-state index in [2.05, 4.69) is 34.8 Å². The van der Waals surface area contributed by atoms with Crippen LogP contribution in [-0.2, 0) is 33.1 Å². The van der Waals surface area contributed by atoms with Gasteiger partial charge in [0.25, 0.3) is 16.8 Å². The Morgan fingerprint density at radius 2 is 1.13 bits per heavy atom. The van der Waals surface area contributed by atoms with Crippen LogP contribution in [-0.4, -0.2) is 110 Å². The third-order valence-corrected chi connectivity index (χ3v) is 16.6. The SMILES string of the molecule is CCCCCCCCCCCCCCCCCC(=O)OCC(CO)OC(=O)CCCCCCCCCCCCCCCCC.CN(C)c1ccc(-c2nc3ccc(OCCNc4c(NC(C)(C)CCOC(C)(C)C(=O)NCCOPO)c(=O)c4=O)cc3o2)cc1. The van der Waals surface area contributed by atoms with Gasteiger partial charge in [0.2, 0.25) is 5.89 Å². The highest BCUT2D eigenvalue weighted by molar-refractivity contribution is 7.24. The molecule has 510 valence electrons. The molecule has 0 saturated carbocycles. The van der Waals surface area contributed by atoms with Crippen molar-refractivity contribution in [2.24, 2.45) is 0 Å². The highest BCUT2D eigenvalue weighted by Crippen LogP contribution is 2.29. The van der Waals surface area contributed by atoms with Crippen LogP contribution in [0.15, 0.2) is 56.5 Å². The molecule has 0 spiro atoms. The number of carbonyl (C=O) groups is 3. The zero-order chi connectivity index (χ0) is 65.7. The lowest BCUT2D eigenvalue weighted by Crippen LogP contribution is -2.47. The molecule has 4 aromatic rings. The first-order valence-electron chi connectivity index (χ1n) is 34.5. The van der Waals surface area contributed by atoms with Crippen LogP contribution < -0.4 is 36.4 Å². The second-order valence-corrected chi connectivity index (χ2v) is 25.9. The third kappa shape index (κ3) is 34.5. The van der Waals surface area contributed by atoms with Crippen molar-refractivity contribution in [1.29, 1.82) is 0 Å². The molecule has 0 saturated heterocycles. The number of anilines is 3. The summed E-state index contributed by atoms with van der Waals surface area (Å²) in [7, 11) is 3.33. The number of aliphatic hydroxyl groups is 1. The van der Waals surface area contributed by atoms with Gasteiger partial charge in [-0.25, -0.2) is 4.98 Å². The number of aliphatic hydroxyl groups excluding tert-OH is 1. The molecule has 0 aliphatic rings. The van der Waals surface area contributed by atoms with E-state index in [0.29, 0.717) is 42.0 Å². The Kier molecular flexibility index (Phi) is 41.9. The molecule has 18 nitrogen and oxygen atoms in total. The van der Waals surface area contributed by atoms with Gasteiger partial charge in [-0.05, 0) is 83.4 Å². The van der Waals surface area contributed by atoms with Crippen LogP contribution in [0.5, 0.6) is 5.75 Å². The Morgan fingerprint density at radius 3 is 1.63 bits per heavy atom. The van der Waals surface area contributed by atoms with Gasteiger partial charge in [0.05, 0.1) is 19.8 Å². The maximum atomic E-state index is 12.4. The number of carbonyl (C=O) groups excluding carboxylic acids is 3. The minimum absolute atomic E-state index is 0.0569. The number of unbranched alkanes of at least 4 members (excludes halogenated alkanes) is 28. The number of oxazole rings is 1. The Hall–Kier alpha value is -5.13. The largest absolute Gasteiger partial charge is 0.492 e. The van der Waals surface area contributed by atoms with Crippen LogP contribution in [0.3, 0.4) is 0 Å². The second-order valence-electron chi connectivity index (χ2n) is 25.5. The standard InChI is InChI=1S/C39H76O5.C32H42N5O8P/c1-3-5-7-9-11-13-15-17-19-21-23-25-27-29-31-33-38(41)43-36-37(35-40)44-39(42)34-32-30-28-26-24-22-20-18-16-14-12-10-8-6-4-2;1-31(2,13-16-43-32(3,4)30(40)34-15-18-44-46-41)36-26-25(27(38)28(26)39)33-14-17-42-22-11-12-23-24(19-22)45-29(35-23)20-7-9-21(10-8-20)37(5)6/h37,40H,3-36H2,1-2H3;7-12,19,33,36,41,46H,13-18H2,1-6H3,(H,34,40). The monoisotopic (exact) mass is 1280 g/mol. The molecule has 0 bridgehead atoms. The fourth-order valence-corrected chi connectivity index (χ4v) is 10.6. The van der Waals surface area contributed by atoms with Gasteiger partial charge in [0, 0.05) is 62.9 Å². The minimum atomic E-state index is -1.09. The van der Waals surface area contributed by atoms with Crippen molar-refractivity contribution >= 4 is 55.0 Å². The lowest BCUT2D eigenvalue weighted by molar-refractivity contribution is -0.161. The van der Waals surface area contributed by atoms with Crippen LogP contribution in [0.2, 0.25) is 0 Å². The van der Waals surface area contributed by atoms with Gasteiger partial charge in [-0.2, -0.15) is 0 Å². The Bertz CT molecular complexity index is 2600. The minimum Gasteiger partial charge on any atom is -0.492 e. The molecule has 1 aromatic heterocycles. The van der Waals surface area contributed by atoms with Crippen molar-refractivity contribution in [3.05, 3.63) is 62.9 Å². The zero-order valence-corrected chi connectivity index (χ0v) is 57.7. The van der Waals surface area contributed by atoms with Crippen LogP contribution >= 0.6 is 9.03 Å². The highest BCUT2D eigenvalue weighted by atomic mass is 31.1. The first kappa shape index (κ1) is 79.1. The number of nitrogens with zero attached hydrogens (tertiary/aromatic N) is 2. The van der Waals surface area contributed by atoms with E-state index in [1.165, 1.54) is 161 Å². The molecule has 3 aromatic carbocycles. The molecule has 1 amide bonds. The summed E-state index contributed by atoms with van der Waals surface area (Å²) in [5, 5.41) is 18.4. The van der Waals surface area contributed by atoms with Gasteiger partial charge in [0.1, 0.15) is 41.5 Å². The summed E-state index contributed by atoms with van der Waals surface area (Å²) in [6.07, 6.45) is 39.2. The number of amides is 1. The molecule has 4 rings (SSSR count). The Labute approximate surface area is 541 Å². The van der Waals surface area contributed by atoms with E-state index >= 15 is 0 Å². The predicted molar refractivity (Wildman–Crippen MR) is 368 cm³/mol. The molecule has 0 radical (unpaired) electrons. The molecule has 19 heteroatoms. The van der Waals surface area contributed by atoms with E-state index in [1.807, 2.05) is 63.2 Å².